The first-order valence-electron chi connectivity index (χ1n) is 5.58. The Hall–Kier alpha value is -1.32. The largest absolute Gasteiger partial charge is 0.486 e. The number of rotatable bonds is 4. The van der Waals surface area contributed by atoms with E-state index >= 15 is 0 Å². The lowest BCUT2D eigenvalue weighted by Crippen LogP contribution is -2.02. The molecule has 18 heavy (non-hydrogen) atoms. The zero-order chi connectivity index (χ0) is 13.0. The molecule has 1 aromatic carbocycles. The molecule has 2 aromatic rings. The number of halogens is 2. The van der Waals surface area contributed by atoms with Crippen molar-refractivity contribution in [1.29, 1.82) is 0 Å². The highest BCUT2D eigenvalue weighted by Crippen LogP contribution is 2.16. The van der Waals surface area contributed by atoms with Gasteiger partial charge in [-0.05, 0) is 24.1 Å². The third kappa shape index (κ3) is 3.59. The first-order chi connectivity index (χ1) is 8.67. The van der Waals surface area contributed by atoms with E-state index in [1.807, 2.05) is 18.2 Å². The highest BCUT2D eigenvalue weighted by atomic mass is 35.5. The van der Waals surface area contributed by atoms with Gasteiger partial charge in [-0.15, -0.1) is 0 Å². The number of nitrogens with zero attached hydrogens (tertiary/aromatic N) is 2. The molecule has 0 aliphatic heterocycles. The summed E-state index contributed by atoms with van der Waals surface area (Å²) in [7, 11) is 0. The number of ether oxygens (including phenoxy) is 1. The van der Waals surface area contributed by atoms with Crippen LogP contribution in [0.15, 0.2) is 30.3 Å². The quantitative estimate of drug-likeness (QED) is 0.797. The molecular weight excluding hydrogens is 271 g/mol. The molecule has 0 spiro atoms. The van der Waals surface area contributed by atoms with Crippen LogP contribution in [-0.4, -0.2) is 9.97 Å². The maximum atomic E-state index is 5.79. The van der Waals surface area contributed by atoms with Crippen LogP contribution < -0.4 is 4.74 Å². The standard InChI is InChI=1S/C13H12Cl2N2O/c1-2-9-4-3-5-10(6-9)18-8-13-16-11(14)7-12(15)17-13/h3-7H,2,8H2,1H3. The van der Waals surface area contributed by atoms with Crippen molar-refractivity contribution < 1.29 is 4.74 Å². The van der Waals surface area contributed by atoms with E-state index in [9.17, 15) is 0 Å². The summed E-state index contributed by atoms with van der Waals surface area (Å²) in [6, 6.07) is 9.39. The third-order valence-corrected chi connectivity index (χ3v) is 2.77. The minimum absolute atomic E-state index is 0.243. The molecule has 1 aromatic heterocycles. The van der Waals surface area contributed by atoms with Gasteiger partial charge >= 0.3 is 0 Å². The maximum absolute atomic E-state index is 5.79. The first kappa shape index (κ1) is 13.1. The van der Waals surface area contributed by atoms with Crippen LogP contribution in [0.3, 0.4) is 0 Å². The lowest BCUT2D eigenvalue weighted by atomic mass is 10.2. The van der Waals surface area contributed by atoms with Crippen LogP contribution in [0, 0.1) is 0 Å². The van der Waals surface area contributed by atoms with Gasteiger partial charge in [-0.2, -0.15) is 0 Å². The molecule has 0 fully saturated rings. The van der Waals surface area contributed by atoms with Crippen LogP contribution in [0.4, 0.5) is 0 Å². The van der Waals surface area contributed by atoms with Crippen LogP contribution in [0.1, 0.15) is 18.3 Å². The molecule has 94 valence electrons. The number of benzene rings is 1. The molecule has 3 nitrogen and oxygen atoms in total. The van der Waals surface area contributed by atoms with Gasteiger partial charge in [0.15, 0.2) is 5.82 Å². The number of aryl methyl sites for hydroxylation is 1. The second-order valence-electron chi connectivity index (χ2n) is 3.72. The van der Waals surface area contributed by atoms with Crippen molar-refractivity contribution in [1.82, 2.24) is 9.97 Å². The van der Waals surface area contributed by atoms with Crippen molar-refractivity contribution in [2.75, 3.05) is 0 Å². The smallest absolute Gasteiger partial charge is 0.169 e. The summed E-state index contributed by atoms with van der Waals surface area (Å²) in [6.07, 6.45) is 0.969. The van der Waals surface area contributed by atoms with E-state index in [2.05, 4.69) is 23.0 Å². The summed E-state index contributed by atoms with van der Waals surface area (Å²) in [5.41, 5.74) is 1.22. The Morgan fingerprint density at radius 1 is 1.11 bits per heavy atom. The molecule has 2 rings (SSSR count). The average Bonchev–Trinajstić information content (AvgIpc) is 2.35. The normalized spacial score (nSPS) is 10.4. The molecule has 0 saturated heterocycles. The van der Waals surface area contributed by atoms with E-state index in [1.54, 1.807) is 0 Å². The van der Waals surface area contributed by atoms with Gasteiger partial charge in [0.1, 0.15) is 22.7 Å². The minimum atomic E-state index is 0.243. The predicted octanol–water partition coefficient (Wildman–Crippen LogP) is 3.92. The Labute approximate surface area is 116 Å². The van der Waals surface area contributed by atoms with Gasteiger partial charge in [0.25, 0.3) is 0 Å². The van der Waals surface area contributed by atoms with E-state index in [4.69, 9.17) is 27.9 Å². The summed E-state index contributed by atoms with van der Waals surface area (Å²) in [5.74, 6) is 1.25. The average molecular weight is 283 g/mol. The van der Waals surface area contributed by atoms with Gasteiger partial charge in [0, 0.05) is 6.07 Å². The van der Waals surface area contributed by atoms with Crippen LogP contribution >= 0.6 is 23.2 Å². The molecule has 1 heterocycles. The molecule has 0 N–H and O–H groups in total. The minimum Gasteiger partial charge on any atom is -0.486 e. The molecular formula is C13H12Cl2N2O. The molecule has 0 atom stereocenters. The topological polar surface area (TPSA) is 35.0 Å². The van der Waals surface area contributed by atoms with Crippen molar-refractivity contribution in [3.63, 3.8) is 0 Å². The Kier molecular flexibility index (Phi) is 4.39. The van der Waals surface area contributed by atoms with E-state index in [0.717, 1.165) is 12.2 Å². The maximum Gasteiger partial charge on any atom is 0.169 e. The number of hydrogen-bond donors (Lipinski definition) is 0. The second kappa shape index (κ2) is 6.03. The van der Waals surface area contributed by atoms with Crippen molar-refractivity contribution in [3.05, 3.63) is 52.0 Å². The van der Waals surface area contributed by atoms with Gasteiger partial charge in [0.2, 0.25) is 0 Å². The fourth-order valence-electron chi connectivity index (χ4n) is 1.50. The van der Waals surface area contributed by atoms with Gasteiger partial charge in [-0.25, -0.2) is 9.97 Å². The zero-order valence-electron chi connectivity index (χ0n) is 9.86. The van der Waals surface area contributed by atoms with Crippen LogP contribution in [0.5, 0.6) is 5.75 Å². The molecule has 0 bridgehead atoms. The molecule has 0 unspecified atom stereocenters. The summed E-state index contributed by atoms with van der Waals surface area (Å²) in [5, 5.41) is 0.631. The van der Waals surface area contributed by atoms with Gasteiger partial charge in [0.05, 0.1) is 0 Å². The van der Waals surface area contributed by atoms with Crippen molar-refractivity contribution in [2.24, 2.45) is 0 Å². The second-order valence-corrected chi connectivity index (χ2v) is 4.49. The van der Waals surface area contributed by atoms with Gasteiger partial charge < -0.3 is 4.74 Å². The van der Waals surface area contributed by atoms with Crippen molar-refractivity contribution >= 4 is 23.2 Å². The summed E-state index contributed by atoms with van der Waals surface area (Å²) in [4.78, 5) is 8.07. The Bertz CT molecular complexity index is 526. The lowest BCUT2D eigenvalue weighted by Gasteiger charge is -2.07. The van der Waals surface area contributed by atoms with E-state index in [1.165, 1.54) is 11.6 Å². The molecule has 0 aliphatic carbocycles. The highest BCUT2D eigenvalue weighted by Gasteiger charge is 2.03. The summed E-state index contributed by atoms with van der Waals surface area (Å²) < 4.78 is 5.60. The van der Waals surface area contributed by atoms with Crippen LogP contribution in [0.25, 0.3) is 0 Å². The van der Waals surface area contributed by atoms with Gasteiger partial charge in [-0.3, -0.25) is 0 Å². The SMILES string of the molecule is CCc1cccc(OCc2nc(Cl)cc(Cl)n2)c1. The monoisotopic (exact) mass is 282 g/mol. The number of aromatic nitrogens is 2. The third-order valence-electron chi connectivity index (χ3n) is 2.38. The zero-order valence-corrected chi connectivity index (χ0v) is 11.4. The van der Waals surface area contributed by atoms with Crippen LogP contribution in [-0.2, 0) is 13.0 Å². The summed E-state index contributed by atoms with van der Waals surface area (Å²) in [6.45, 7) is 2.34. The molecule has 5 heteroatoms. The Morgan fingerprint density at radius 2 is 1.83 bits per heavy atom. The lowest BCUT2D eigenvalue weighted by molar-refractivity contribution is 0.295. The van der Waals surface area contributed by atoms with E-state index in [0.29, 0.717) is 16.1 Å². The highest BCUT2D eigenvalue weighted by molar-refractivity contribution is 6.33. The van der Waals surface area contributed by atoms with Crippen molar-refractivity contribution in [2.45, 2.75) is 20.0 Å². The summed E-state index contributed by atoms with van der Waals surface area (Å²) >= 11 is 11.6. The molecule has 0 saturated carbocycles. The van der Waals surface area contributed by atoms with Gasteiger partial charge in [-0.1, -0.05) is 42.3 Å². The number of hydrogen-bond acceptors (Lipinski definition) is 3. The predicted molar refractivity (Wildman–Crippen MR) is 72.2 cm³/mol. The fourth-order valence-corrected chi connectivity index (χ4v) is 1.96. The van der Waals surface area contributed by atoms with E-state index < -0.39 is 0 Å². The van der Waals surface area contributed by atoms with Crippen LogP contribution in [0.2, 0.25) is 10.3 Å². The Morgan fingerprint density at radius 3 is 2.50 bits per heavy atom. The molecule has 0 amide bonds. The van der Waals surface area contributed by atoms with Crippen molar-refractivity contribution in [3.8, 4) is 5.75 Å². The molecule has 0 radical (unpaired) electrons. The Balaban J connectivity index is 2.06. The first-order valence-corrected chi connectivity index (χ1v) is 6.33. The molecule has 0 aliphatic rings. The fraction of sp³-hybridized carbons (Fsp3) is 0.231. The van der Waals surface area contributed by atoms with E-state index in [-0.39, 0.29) is 6.61 Å².